The van der Waals surface area contributed by atoms with Crippen LogP contribution in [0.5, 0.6) is 0 Å². The summed E-state index contributed by atoms with van der Waals surface area (Å²) >= 11 is 6.67. The Morgan fingerprint density at radius 1 is 1.08 bits per heavy atom. The van der Waals surface area contributed by atoms with Crippen LogP contribution in [0.1, 0.15) is 55.7 Å². The van der Waals surface area contributed by atoms with Crippen molar-refractivity contribution in [3.8, 4) is 0 Å². The molecular weight excluding hydrogens is 656 g/mol. The Morgan fingerprint density at radius 2 is 1.90 bits per heavy atom. The summed E-state index contributed by atoms with van der Waals surface area (Å²) in [7, 11) is 5.97. The molecule has 4 aromatic rings. The Kier molecular flexibility index (Phi) is 9.52. The van der Waals surface area contributed by atoms with E-state index in [-0.39, 0.29) is 12.0 Å². The summed E-state index contributed by atoms with van der Waals surface area (Å²) in [6.45, 7) is 18.4. The van der Waals surface area contributed by atoms with E-state index in [1.54, 1.807) is 6.20 Å². The maximum Gasteiger partial charge on any atom is 0.227 e. The van der Waals surface area contributed by atoms with Gasteiger partial charge in [-0.1, -0.05) is 37.9 Å². The zero-order valence-electron chi connectivity index (χ0n) is 29.8. The van der Waals surface area contributed by atoms with Crippen LogP contribution in [0.2, 0.25) is 5.02 Å². The van der Waals surface area contributed by atoms with Crippen molar-refractivity contribution >= 4 is 57.4 Å². The van der Waals surface area contributed by atoms with Gasteiger partial charge >= 0.3 is 0 Å². The molecule has 7 rings (SSSR count). The third-order valence-corrected chi connectivity index (χ3v) is 10.7. The Morgan fingerprint density at radius 3 is 2.71 bits per heavy atom. The molecule has 11 heteroatoms. The number of halogens is 1. The van der Waals surface area contributed by atoms with E-state index in [1.165, 1.54) is 5.57 Å². The van der Waals surface area contributed by atoms with Gasteiger partial charge in [0.25, 0.3) is 0 Å². The Bertz CT molecular complexity index is 2080. The van der Waals surface area contributed by atoms with Crippen molar-refractivity contribution in [2.45, 2.75) is 50.5 Å². The molecule has 10 nitrogen and oxygen atoms in total. The number of piperidine rings is 1. The van der Waals surface area contributed by atoms with Crippen molar-refractivity contribution in [1.82, 2.24) is 30.4 Å². The normalized spacial score (nSPS) is 18.8. The summed E-state index contributed by atoms with van der Waals surface area (Å²) in [4.78, 5) is 14.0. The second-order valence-corrected chi connectivity index (χ2v) is 14.2. The molecule has 0 amide bonds. The van der Waals surface area contributed by atoms with Crippen LogP contribution in [0, 0.1) is 0 Å². The molecule has 2 saturated heterocycles. The molecule has 2 aromatic heterocycles. The molecule has 2 fully saturated rings. The molecule has 3 aliphatic rings. The van der Waals surface area contributed by atoms with E-state index in [0.717, 1.165) is 114 Å². The number of benzene rings is 2. The SMILES string of the molecule is C=C(CCC1=Cc2cc(Nc3nc(N4CCCC4CNc4ccc5c(C6CCC(=C)NC6=C)nn(C)c5c4)ncc3Cl)ccc2N(C)C1=C)NC. The maximum atomic E-state index is 6.67. The molecule has 0 spiro atoms. The van der Waals surface area contributed by atoms with E-state index in [0.29, 0.717) is 16.8 Å². The predicted molar refractivity (Wildman–Crippen MR) is 213 cm³/mol. The summed E-state index contributed by atoms with van der Waals surface area (Å²) < 4.78 is 1.97. The van der Waals surface area contributed by atoms with Crippen LogP contribution in [0.25, 0.3) is 17.0 Å². The number of nitrogens with zero attached hydrogens (tertiary/aromatic N) is 6. The van der Waals surface area contributed by atoms with Crippen molar-refractivity contribution in [2.75, 3.05) is 47.6 Å². The topological polar surface area (TPSA) is 98.2 Å². The molecule has 0 saturated carbocycles. The van der Waals surface area contributed by atoms with Gasteiger partial charge in [0, 0.05) is 97.0 Å². The molecular formula is C40H47ClN10. The van der Waals surface area contributed by atoms with Crippen LogP contribution < -0.4 is 31.1 Å². The molecule has 2 aromatic carbocycles. The lowest BCUT2D eigenvalue weighted by atomic mass is 9.90. The minimum atomic E-state index is 0.169. The van der Waals surface area contributed by atoms with E-state index in [1.807, 2.05) is 24.8 Å². The molecule has 0 radical (unpaired) electrons. The van der Waals surface area contributed by atoms with Crippen molar-refractivity contribution in [1.29, 1.82) is 0 Å². The fourth-order valence-electron chi connectivity index (χ4n) is 7.40. The maximum absolute atomic E-state index is 6.67. The van der Waals surface area contributed by atoms with E-state index in [9.17, 15) is 0 Å². The Labute approximate surface area is 305 Å². The smallest absolute Gasteiger partial charge is 0.227 e. The fourth-order valence-corrected chi connectivity index (χ4v) is 7.54. The first-order valence-corrected chi connectivity index (χ1v) is 18.0. The van der Waals surface area contributed by atoms with E-state index in [4.69, 9.17) is 21.7 Å². The van der Waals surface area contributed by atoms with Gasteiger partial charge in [0.2, 0.25) is 5.95 Å². The molecule has 5 heterocycles. The van der Waals surface area contributed by atoms with Crippen LogP contribution in [0.3, 0.4) is 0 Å². The zero-order valence-corrected chi connectivity index (χ0v) is 30.6. The standard InChI is InChI=1S/C40H47ClN10/c1-24(42-5)10-12-28-19-29-20-31(14-17-36(29)49(6)27(28)4)46-39-35(41)23-44-40(47-39)51-18-8-9-32(51)22-43-30-13-16-34-37(21-30)50(7)48-38(34)33-15-11-25(2)45-26(33)3/h13-14,16-17,19-21,23,32-33,42-43,45H,1-4,8-12,15,18,22H2,5-7H3,(H,44,46,47). The van der Waals surface area contributed by atoms with Gasteiger partial charge in [-0.3, -0.25) is 4.68 Å². The number of allylic oxidation sites excluding steroid dienone is 4. The summed E-state index contributed by atoms with van der Waals surface area (Å²) in [6.07, 6.45) is 9.61. The second-order valence-electron chi connectivity index (χ2n) is 13.8. The van der Waals surface area contributed by atoms with Gasteiger partial charge in [0.15, 0.2) is 5.82 Å². The number of likely N-dealkylation sites (N-methyl/N-ethyl adjacent to an activating group) is 1. The molecule has 0 bridgehead atoms. The van der Waals surface area contributed by atoms with Crippen molar-refractivity contribution in [3.63, 3.8) is 0 Å². The van der Waals surface area contributed by atoms with Crippen molar-refractivity contribution in [2.24, 2.45) is 7.05 Å². The fraction of sp³-hybridized carbons (Fsp3) is 0.325. The Hall–Kier alpha value is -5.22. The molecule has 51 heavy (non-hydrogen) atoms. The molecule has 264 valence electrons. The van der Waals surface area contributed by atoms with Gasteiger partial charge in [0.1, 0.15) is 5.02 Å². The monoisotopic (exact) mass is 702 g/mol. The molecule has 2 atom stereocenters. The summed E-state index contributed by atoms with van der Waals surface area (Å²) in [6, 6.07) is 13.0. The average Bonchev–Trinajstić information content (AvgIpc) is 3.73. The molecule has 4 N–H and O–H groups in total. The largest absolute Gasteiger partial charge is 0.392 e. The number of nitrogens with one attached hydrogen (secondary N) is 4. The molecule has 2 unspecified atom stereocenters. The number of anilines is 5. The van der Waals surface area contributed by atoms with Gasteiger partial charge in [-0.05, 0) is 86.6 Å². The molecule has 3 aliphatic heterocycles. The highest BCUT2D eigenvalue weighted by molar-refractivity contribution is 6.32. The van der Waals surface area contributed by atoms with Crippen LogP contribution in [-0.4, -0.2) is 53.0 Å². The van der Waals surface area contributed by atoms with E-state index < -0.39 is 0 Å². The van der Waals surface area contributed by atoms with Crippen molar-refractivity contribution < 1.29 is 0 Å². The quantitative estimate of drug-likeness (QED) is 0.123. The predicted octanol–water partition coefficient (Wildman–Crippen LogP) is 8.20. The number of hydrogen-bond donors (Lipinski definition) is 4. The average molecular weight is 703 g/mol. The van der Waals surface area contributed by atoms with E-state index in [2.05, 4.69) is 106 Å². The minimum absolute atomic E-state index is 0.169. The van der Waals surface area contributed by atoms with Crippen molar-refractivity contribution in [3.05, 3.63) is 114 Å². The van der Waals surface area contributed by atoms with Gasteiger partial charge in [-0.2, -0.15) is 10.1 Å². The zero-order chi connectivity index (χ0) is 35.8. The lowest BCUT2D eigenvalue weighted by molar-refractivity contribution is 0.575. The van der Waals surface area contributed by atoms with Gasteiger partial charge < -0.3 is 31.1 Å². The minimum Gasteiger partial charge on any atom is -0.392 e. The Balaban J connectivity index is 1.05. The lowest BCUT2D eigenvalue weighted by Gasteiger charge is -2.30. The summed E-state index contributed by atoms with van der Waals surface area (Å²) in [5, 5.41) is 20.2. The highest BCUT2D eigenvalue weighted by Gasteiger charge is 2.29. The van der Waals surface area contributed by atoms with Gasteiger partial charge in [-0.25, -0.2) is 4.98 Å². The third-order valence-electron chi connectivity index (χ3n) is 10.4. The highest BCUT2D eigenvalue weighted by atomic mass is 35.5. The van der Waals surface area contributed by atoms with Crippen LogP contribution >= 0.6 is 11.6 Å². The number of aryl methyl sites for hydroxylation is 1. The third kappa shape index (κ3) is 6.93. The first kappa shape index (κ1) is 34.2. The van der Waals surface area contributed by atoms with Gasteiger partial charge in [0.05, 0.1) is 17.4 Å². The first-order chi connectivity index (χ1) is 24.6. The van der Waals surface area contributed by atoms with Crippen LogP contribution in [-0.2, 0) is 7.05 Å². The first-order valence-electron chi connectivity index (χ1n) is 17.6. The summed E-state index contributed by atoms with van der Waals surface area (Å²) in [5.74, 6) is 1.42. The number of aromatic nitrogens is 4. The second kappa shape index (κ2) is 14.2. The number of rotatable bonds is 11. The number of fused-ring (bicyclic) bond motifs is 2. The van der Waals surface area contributed by atoms with Crippen LogP contribution in [0.15, 0.2) is 97.3 Å². The lowest BCUT2D eigenvalue weighted by Crippen LogP contribution is -2.36. The van der Waals surface area contributed by atoms with Gasteiger partial charge in [-0.15, -0.1) is 0 Å². The van der Waals surface area contributed by atoms with E-state index >= 15 is 0 Å². The van der Waals surface area contributed by atoms with Crippen LogP contribution in [0.4, 0.5) is 28.8 Å². The highest BCUT2D eigenvalue weighted by Crippen LogP contribution is 2.39. The number of hydrogen-bond acceptors (Lipinski definition) is 9. The summed E-state index contributed by atoms with van der Waals surface area (Å²) in [5.41, 5.74) is 11.5. The molecule has 0 aliphatic carbocycles.